The number of nitrogen functional groups attached to an aromatic ring is 1. The van der Waals surface area contributed by atoms with Crippen LogP contribution >= 0.6 is 0 Å². The van der Waals surface area contributed by atoms with E-state index in [2.05, 4.69) is 11.1 Å². The molecule has 0 bridgehead atoms. The highest BCUT2D eigenvalue weighted by Gasteiger charge is 2.26. The summed E-state index contributed by atoms with van der Waals surface area (Å²) in [6, 6.07) is 12.2. The molecule has 1 saturated heterocycles. The molecule has 1 fully saturated rings. The van der Waals surface area contributed by atoms with Crippen LogP contribution in [0, 0.1) is 17.2 Å². The third-order valence-corrected chi connectivity index (χ3v) is 4.56. The van der Waals surface area contributed by atoms with Crippen molar-refractivity contribution in [2.24, 2.45) is 5.92 Å². The standard InChI is InChI=1S/C20H22N4O3/c1-26-18-10-14(11-21)7-8-17(18)27-13-15-4-3-9-24(12-15)20(25)16-5-2-6-19(22)23-16/h2,5-8,10,15H,3-4,9,12-13H2,1H3,(H2,22,23). The second-order valence-corrected chi connectivity index (χ2v) is 6.50. The highest BCUT2D eigenvalue weighted by molar-refractivity contribution is 5.92. The first-order chi connectivity index (χ1) is 13.1. The zero-order valence-corrected chi connectivity index (χ0v) is 15.2. The van der Waals surface area contributed by atoms with E-state index in [-0.39, 0.29) is 11.8 Å². The van der Waals surface area contributed by atoms with Crippen LogP contribution in [0.5, 0.6) is 11.5 Å². The van der Waals surface area contributed by atoms with Gasteiger partial charge in [0.1, 0.15) is 11.5 Å². The van der Waals surface area contributed by atoms with Crippen molar-refractivity contribution in [3.05, 3.63) is 47.7 Å². The van der Waals surface area contributed by atoms with Crippen molar-refractivity contribution in [1.82, 2.24) is 9.88 Å². The summed E-state index contributed by atoms with van der Waals surface area (Å²) in [6.45, 7) is 1.77. The molecule has 0 radical (unpaired) electrons. The zero-order valence-electron chi connectivity index (χ0n) is 15.2. The van der Waals surface area contributed by atoms with Gasteiger partial charge in [0.25, 0.3) is 5.91 Å². The number of carbonyl (C=O) groups excluding carboxylic acids is 1. The first-order valence-electron chi connectivity index (χ1n) is 8.83. The van der Waals surface area contributed by atoms with Gasteiger partial charge in [-0.25, -0.2) is 4.98 Å². The second kappa shape index (κ2) is 8.41. The van der Waals surface area contributed by atoms with Gasteiger partial charge in [-0.2, -0.15) is 5.26 Å². The first-order valence-corrected chi connectivity index (χ1v) is 8.83. The third-order valence-electron chi connectivity index (χ3n) is 4.56. The van der Waals surface area contributed by atoms with Crippen molar-refractivity contribution in [1.29, 1.82) is 5.26 Å². The number of nitrogens with zero attached hydrogens (tertiary/aromatic N) is 3. The maximum absolute atomic E-state index is 12.7. The maximum Gasteiger partial charge on any atom is 0.272 e. The number of hydrogen-bond donors (Lipinski definition) is 1. The predicted octanol–water partition coefficient (Wildman–Crippen LogP) is 2.48. The van der Waals surface area contributed by atoms with Crippen LogP contribution in [0.3, 0.4) is 0 Å². The Balaban J connectivity index is 1.62. The molecule has 0 aliphatic carbocycles. The number of carbonyl (C=O) groups is 1. The summed E-state index contributed by atoms with van der Waals surface area (Å²) < 4.78 is 11.2. The lowest BCUT2D eigenvalue weighted by Gasteiger charge is -2.32. The molecule has 7 heteroatoms. The number of piperidine rings is 1. The molecular formula is C20H22N4O3. The van der Waals surface area contributed by atoms with Crippen LogP contribution < -0.4 is 15.2 Å². The fourth-order valence-corrected chi connectivity index (χ4v) is 3.18. The SMILES string of the molecule is COc1cc(C#N)ccc1OCC1CCCN(C(=O)c2cccc(N)n2)C1. The van der Waals surface area contributed by atoms with Crippen molar-refractivity contribution < 1.29 is 14.3 Å². The number of nitriles is 1. The minimum Gasteiger partial charge on any atom is -0.493 e. The zero-order chi connectivity index (χ0) is 19.2. The molecule has 7 nitrogen and oxygen atoms in total. The summed E-state index contributed by atoms with van der Waals surface area (Å²) in [6.07, 6.45) is 1.89. The quantitative estimate of drug-likeness (QED) is 0.872. The normalized spacial score (nSPS) is 16.4. The first kappa shape index (κ1) is 18.5. The summed E-state index contributed by atoms with van der Waals surface area (Å²) in [5, 5.41) is 8.98. The number of methoxy groups -OCH3 is 1. The number of nitrogens with two attached hydrogens (primary N) is 1. The van der Waals surface area contributed by atoms with Crippen LogP contribution in [0.4, 0.5) is 5.82 Å². The van der Waals surface area contributed by atoms with E-state index in [1.54, 1.807) is 48.4 Å². The summed E-state index contributed by atoms with van der Waals surface area (Å²) in [5.41, 5.74) is 6.56. The van der Waals surface area contributed by atoms with Gasteiger partial charge in [0, 0.05) is 25.1 Å². The van der Waals surface area contributed by atoms with E-state index >= 15 is 0 Å². The molecule has 1 aromatic heterocycles. The number of ether oxygens (including phenoxy) is 2. The van der Waals surface area contributed by atoms with Crippen molar-refractivity contribution in [3.8, 4) is 17.6 Å². The molecule has 2 heterocycles. The van der Waals surface area contributed by atoms with Crippen LogP contribution in [-0.2, 0) is 0 Å². The van der Waals surface area contributed by atoms with E-state index in [1.165, 1.54) is 0 Å². The van der Waals surface area contributed by atoms with Crippen molar-refractivity contribution in [2.75, 3.05) is 32.5 Å². The fraction of sp³-hybridized carbons (Fsp3) is 0.350. The van der Waals surface area contributed by atoms with E-state index in [0.29, 0.717) is 48.3 Å². The molecule has 1 unspecified atom stereocenters. The Bertz CT molecular complexity index is 863. The highest BCUT2D eigenvalue weighted by atomic mass is 16.5. The number of rotatable bonds is 5. The number of amides is 1. The van der Waals surface area contributed by atoms with Crippen LogP contribution in [0.2, 0.25) is 0 Å². The topological polar surface area (TPSA) is 101 Å². The Morgan fingerprint density at radius 3 is 2.96 bits per heavy atom. The molecule has 1 aliphatic rings. The summed E-state index contributed by atoms with van der Waals surface area (Å²) in [5.74, 6) is 1.57. The number of benzene rings is 1. The van der Waals surface area contributed by atoms with Crippen LogP contribution in [0.25, 0.3) is 0 Å². The van der Waals surface area contributed by atoms with E-state index in [4.69, 9.17) is 20.5 Å². The monoisotopic (exact) mass is 366 g/mol. The fourth-order valence-electron chi connectivity index (χ4n) is 3.18. The number of pyridine rings is 1. The average Bonchev–Trinajstić information content (AvgIpc) is 2.71. The predicted molar refractivity (Wildman–Crippen MR) is 100 cm³/mol. The second-order valence-electron chi connectivity index (χ2n) is 6.50. The van der Waals surface area contributed by atoms with Crippen LogP contribution in [0.15, 0.2) is 36.4 Å². The van der Waals surface area contributed by atoms with E-state index in [1.807, 2.05) is 0 Å². The Labute approximate surface area is 158 Å². The number of hydrogen-bond acceptors (Lipinski definition) is 6. The van der Waals surface area contributed by atoms with Gasteiger partial charge in [-0.15, -0.1) is 0 Å². The molecule has 140 valence electrons. The summed E-state index contributed by atoms with van der Waals surface area (Å²) in [4.78, 5) is 18.6. The molecular weight excluding hydrogens is 344 g/mol. The molecule has 2 N–H and O–H groups in total. The third kappa shape index (κ3) is 4.47. The van der Waals surface area contributed by atoms with Gasteiger partial charge in [-0.3, -0.25) is 4.79 Å². The molecule has 1 aromatic carbocycles. The van der Waals surface area contributed by atoms with E-state index < -0.39 is 0 Å². The van der Waals surface area contributed by atoms with E-state index in [0.717, 1.165) is 12.8 Å². The highest BCUT2D eigenvalue weighted by Crippen LogP contribution is 2.29. The molecule has 1 amide bonds. The molecule has 3 rings (SSSR count). The van der Waals surface area contributed by atoms with Gasteiger partial charge >= 0.3 is 0 Å². The Morgan fingerprint density at radius 1 is 1.37 bits per heavy atom. The lowest BCUT2D eigenvalue weighted by atomic mass is 9.98. The van der Waals surface area contributed by atoms with Gasteiger partial charge in [-0.1, -0.05) is 6.07 Å². The smallest absolute Gasteiger partial charge is 0.272 e. The number of anilines is 1. The molecule has 27 heavy (non-hydrogen) atoms. The molecule has 0 saturated carbocycles. The number of aromatic nitrogens is 1. The maximum atomic E-state index is 12.7. The Hall–Kier alpha value is -3.27. The molecule has 1 aliphatic heterocycles. The molecule has 2 aromatic rings. The largest absolute Gasteiger partial charge is 0.493 e. The van der Waals surface area contributed by atoms with Crippen molar-refractivity contribution in [3.63, 3.8) is 0 Å². The summed E-state index contributed by atoms with van der Waals surface area (Å²) in [7, 11) is 1.54. The minimum atomic E-state index is -0.108. The molecule has 0 spiro atoms. The Kier molecular flexibility index (Phi) is 5.77. The summed E-state index contributed by atoms with van der Waals surface area (Å²) >= 11 is 0. The van der Waals surface area contributed by atoms with Crippen molar-refractivity contribution in [2.45, 2.75) is 12.8 Å². The Morgan fingerprint density at radius 2 is 2.22 bits per heavy atom. The van der Waals surface area contributed by atoms with Gasteiger partial charge in [0.15, 0.2) is 11.5 Å². The minimum absolute atomic E-state index is 0.108. The van der Waals surface area contributed by atoms with Crippen LogP contribution in [0.1, 0.15) is 28.9 Å². The van der Waals surface area contributed by atoms with Gasteiger partial charge < -0.3 is 20.1 Å². The molecule has 1 atom stereocenters. The number of likely N-dealkylation sites (tertiary alicyclic amines) is 1. The van der Waals surface area contributed by atoms with E-state index in [9.17, 15) is 4.79 Å². The van der Waals surface area contributed by atoms with Gasteiger partial charge in [0.2, 0.25) is 0 Å². The average molecular weight is 366 g/mol. The van der Waals surface area contributed by atoms with Crippen LogP contribution in [-0.4, -0.2) is 42.6 Å². The lowest BCUT2D eigenvalue weighted by molar-refractivity contribution is 0.0626. The van der Waals surface area contributed by atoms with Gasteiger partial charge in [-0.05, 0) is 37.1 Å². The van der Waals surface area contributed by atoms with Gasteiger partial charge in [0.05, 0.1) is 25.3 Å². The van der Waals surface area contributed by atoms with Crippen molar-refractivity contribution >= 4 is 11.7 Å². The lowest BCUT2D eigenvalue weighted by Crippen LogP contribution is -2.41.